The third kappa shape index (κ3) is 2.40. The topological polar surface area (TPSA) is 50.2 Å². The van der Waals surface area contributed by atoms with Crippen LogP contribution in [0.4, 0.5) is 0 Å². The molecule has 0 fully saturated rings. The van der Waals surface area contributed by atoms with Gasteiger partial charge in [-0.1, -0.05) is 0 Å². The van der Waals surface area contributed by atoms with Gasteiger partial charge in [0.05, 0.1) is 16.1 Å². The summed E-state index contributed by atoms with van der Waals surface area (Å²) in [6.45, 7) is 1.84. The van der Waals surface area contributed by atoms with Gasteiger partial charge in [0.15, 0.2) is 0 Å². The maximum atomic E-state index is 9.99. The van der Waals surface area contributed by atoms with Gasteiger partial charge in [-0.15, -0.1) is 11.3 Å². The molecule has 0 atom stereocenters. The average Bonchev–Trinajstić information content (AvgIpc) is 2.31. The molecular formula is C7H5NO2S. The van der Waals surface area contributed by atoms with E-state index in [1.54, 1.807) is 6.20 Å². The maximum absolute atomic E-state index is 9.99. The zero-order valence-corrected chi connectivity index (χ0v) is 6.60. The molecule has 11 heavy (non-hydrogen) atoms. The molecule has 4 heteroatoms. The molecule has 1 aromatic rings. The molecule has 0 radical (unpaired) electrons. The van der Waals surface area contributed by atoms with Gasteiger partial charge in [-0.25, -0.2) is 9.78 Å². The molecule has 0 aliphatic rings. The Labute approximate surface area is 67.7 Å². The zero-order chi connectivity index (χ0) is 8.27. The van der Waals surface area contributed by atoms with Gasteiger partial charge in [0, 0.05) is 5.92 Å². The normalized spacial score (nSPS) is 8.45. The van der Waals surface area contributed by atoms with Gasteiger partial charge in [-0.3, -0.25) is 0 Å². The van der Waals surface area contributed by atoms with Crippen molar-refractivity contribution in [2.45, 2.75) is 6.92 Å². The summed E-state index contributed by atoms with van der Waals surface area (Å²) in [5, 5.41) is 9.08. The number of carbonyl (C=O) groups is 1. The van der Waals surface area contributed by atoms with Crippen LogP contribution in [-0.2, 0) is 4.79 Å². The van der Waals surface area contributed by atoms with E-state index in [4.69, 9.17) is 5.11 Å². The highest BCUT2D eigenvalue weighted by Crippen LogP contribution is 2.08. The summed E-state index contributed by atoms with van der Waals surface area (Å²) in [6, 6.07) is 0. The minimum atomic E-state index is -1.11. The monoisotopic (exact) mass is 167 g/mol. The van der Waals surface area contributed by atoms with E-state index < -0.39 is 5.97 Å². The predicted molar refractivity (Wildman–Crippen MR) is 41.4 cm³/mol. The Morgan fingerprint density at radius 1 is 1.82 bits per heavy atom. The molecule has 0 saturated heterocycles. The quantitative estimate of drug-likeness (QED) is 0.584. The number of aryl methyl sites for hydroxylation is 1. The second-order valence-corrected chi connectivity index (χ2v) is 3.03. The van der Waals surface area contributed by atoms with Crippen LogP contribution in [0.15, 0.2) is 6.20 Å². The number of carboxylic acid groups (broad SMARTS) is 1. The van der Waals surface area contributed by atoms with E-state index in [0.717, 1.165) is 5.01 Å². The molecular weight excluding hydrogens is 162 g/mol. The number of hydrogen-bond acceptors (Lipinski definition) is 3. The number of rotatable bonds is 0. The molecule has 1 aromatic heterocycles. The Morgan fingerprint density at radius 3 is 3.00 bits per heavy atom. The summed E-state index contributed by atoms with van der Waals surface area (Å²) in [6.07, 6.45) is 1.57. The van der Waals surface area contributed by atoms with Crippen molar-refractivity contribution in [3.05, 3.63) is 16.1 Å². The van der Waals surface area contributed by atoms with E-state index in [1.807, 2.05) is 12.8 Å². The first-order valence-electron chi connectivity index (χ1n) is 2.86. The van der Waals surface area contributed by atoms with E-state index in [0.29, 0.717) is 4.88 Å². The molecule has 1 N–H and O–H groups in total. The van der Waals surface area contributed by atoms with E-state index in [-0.39, 0.29) is 0 Å². The largest absolute Gasteiger partial charge is 0.472 e. The summed E-state index contributed by atoms with van der Waals surface area (Å²) >= 11 is 1.38. The van der Waals surface area contributed by atoms with Crippen molar-refractivity contribution in [2.75, 3.05) is 0 Å². The van der Waals surface area contributed by atoms with Crippen LogP contribution >= 0.6 is 11.3 Å². The molecule has 0 aliphatic heterocycles. The van der Waals surface area contributed by atoms with Crippen LogP contribution in [0, 0.1) is 18.8 Å². The number of aliphatic carboxylic acids is 1. The first-order valence-corrected chi connectivity index (χ1v) is 3.67. The molecule has 1 rings (SSSR count). The molecule has 0 spiro atoms. The van der Waals surface area contributed by atoms with E-state index in [1.165, 1.54) is 11.3 Å². The predicted octanol–water partition coefficient (Wildman–Crippen LogP) is 0.888. The van der Waals surface area contributed by atoms with Gasteiger partial charge in [-0.2, -0.15) is 0 Å². The SMILES string of the molecule is Cc1ncc(C#CC(=O)O)s1. The van der Waals surface area contributed by atoms with Crippen molar-refractivity contribution < 1.29 is 9.90 Å². The van der Waals surface area contributed by atoms with Crippen LogP contribution in [0.25, 0.3) is 0 Å². The highest BCUT2D eigenvalue weighted by molar-refractivity contribution is 7.12. The van der Waals surface area contributed by atoms with Crippen molar-refractivity contribution in [1.29, 1.82) is 0 Å². The molecule has 0 saturated carbocycles. The van der Waals surface area contributed by atoms with Crippen LogP contribution in [0.1, 0.15) is 9.88 Å². The van der Waals surface area contributed by atoms with Gasteiger partial charge in [-0.05, 0) is 12.8 Å². The lowest BCUT2D eigenvalue weighted by atomic mass is 10.5. The molecule has 56 valence electrons. The molecule has 0 aliphatic carbocycles. The van der Waals surface area contributed by atoms with Crippen LogP contribution in [-0.4, -0.2) is 16.1 Å². The lowest BCUT2D eigenvalue weighted by molar-refractivity contribution is -0.130. The van der Waals surface area contributed by atoms with E-state index in [2.05, 4.69) is 10.9 Å². The number of aromatic nitrogens is 1. The Balaban J connectivity index is 2.82. The molecule has 0 unspecified atom stereocenters. The van der Waals surface area contributed by atoms with Crippen molar-refractivity contribution in [3.63, 3.8) is 0 Å². The zero-order valence-electron chi connectivity index (χ0n) is 5.79. The van der Waals surface area contributed by atoms with Crippen LogP contribution < -0.4 is 0 Å². The Hall–Kier alpha value is -1.34. The van der Waals surface area contributed by atoms with Crippen molar-refractivity contribution in [3.8, 4) is 11.8 Å². The van der Waals surface area contributed by atoms with Crippen molar-refractivity contribution in [2.24, 2.45) is 0 Å². The first kappa shape index (κ1) is 7.76. The number of thiazole rings is 1. The second-order valence-electron chi connectivity index (χ2n) is 1.80. The molecule has 0 bridgehead atoms. The smallest absolute Gasteiger partial charge is 0.382 e. The fourth-order valence-electron chi connectivity index (χ4n) is 0.534. The number of nitrogens with zero attached hydrogens (tertiary/aromatic N) is 1. The molecule has 1 heterocycles. The average molecular weight is 167 g/mol. The van der Waals surface area contributed by atoms with Crippen LogP contribution in [0.2, 0.25) is 0 Å². The standard InChI is InChI=1S/C7H5NO2S/c1-5-8-4-6(11-5)2-3-7(9)10/h4H,1H3,(H,9,10). The highest BCUT2D eigenvalue weighted by Gasteiger charge is 1.92. The van der Waals surface area contributed by atoms with Gasteiger partial charge in [0.1, 0.15) is 0 Å². The third-order valence-electron chi connectivity index (χ3n) is 0.914. The second kappa shape index (κ2) is 3.17. The van der Waals surface area contributed by atoms with Gasteiger partial charge >= 0.3 is 5.97 Å². The Morgan fingerprint density at radius 2 is 2.55 bits per heavy atom. The molecule has 0 amide bonds. The molecule has 3 nitrogen and oxygen atoms in total. The fraction of sp³-hybridized carbons (Fsp3) is 0.143. The van der Waals surface area contributed by atoms with E-state index >= 15 is 0 Å². The van der Waals surface area contributed by atoms with E-state index in [9.17, 15) is 4.79 Å². The van der Waals surface area contributed by atoms with Crippen LogP contribution in [0.5, 0.6) is 0 Å². The first-order chi connectivity index (χ1) is 5.18. The highest BCUT2D eigenvalue weighted by atomic mass is 32.1. The maximum Gasteiger partial charge on any atom is 0.382 e. The number of hydrogen-bond donors (Lipinski definition) is 1. The van der Waals surface area contributed by atoms with Crippen molar-refractivity contribution >= 4 is 17.3 Å². The van der Waals surface area contributed by atoms with Crippen molar-refractivity contribution in [1.82, 2.24) is 4.98 Å². The minimum absolute atomic E-state index is 0.685. The fourth-order valence-corrected chi connectivity index (χ4v) is 1.17. The number of carboxylic acids is 1. The summed E-state index contributed by atoms with van der Waals surface area (Å²) in [5.41, 5.74) is 0. The molecule has 0 aromatic carbocycles. The summed E-state index contributed by atoms with van der Waals surface area (Å²) < 4.78 is 0. The van der Waals surface area contributed by atoms with Crippen LogP contribution in [0.3, 0.4) is 0 Å². The summed E-state index contributed by atoms with van der Waals surface area (Å²) in [7, 11) is 0. The lowest BCUT2D eigenvalue weighted by Crippen LogP contribution is -1.85. The Bertz CT molecular complexity index is 332. The lowest BCUT2D eigenvalue weighted by Gasteiger charge is -1.72. The van der Waals surface area contributed by atoms with Gasteiger partial charge in [0.25, 0.3) is 0 Å². The summed E-state index contributed by atoms with van der Waals surface area (Å²) in [5.74, 6) is 3.37. The summed E-state index contributed by atoms with van der Waals surface area (Å²) in [4.78, 5) is 14.6. The minimum Gasteiger partial charge on any atom is -0.472 e. The van der Waals surface area contributed by atoms with Gasteiger partial charge in [0.2, 0.25) is 0 Å². The Kier molecular flexibility index (Phi) is 2.24. The third-order valence-corrected chi connectivity index (χ3v) is 1.74. The van der Waals surface area contributed by atoms with Gasteiger partial charge < -0.3 is 5.11 Å².